The van der Waals surface area contributed by atoms with Crippen LogP contribution < -0.4 is 11.1 Å². The van der Waals surface area contributed by atoms with Gasteiger partial charge in [-0.3, -0.25) is 0 Å². The van der Waals surface area contributed by atoms with Crippen LogP contribution in [-0.2, 0) is 9.47 Å². The van der Waals surface area contributed by atoms with Crippen LogP contribution in [0.2, 0.25) is 0 Å². The van der Waals surface area contributed by atoms with Crippen LogP contribution in [0.3, 0.4) is 0 Å². The predicted molar refractivity (Wildman–Crippen MR) is 60.9 cm³/mol. The minimum absolute atomic E-state index is 0.431. The third kappa shape index (κ3) is 6.10. The quantitative estimate of drug-likeness (QED) is 0.609. The Morgan fingerprint density at radius 3 is 2.53 bits per heavy atom. The van der Waals surface area contributed by atoms with Gasteiger partial charge in [-0.05, 0) is 25.7 Å². The molecule has 0 saturated heterocycles. The van der Waals surface area contributed by atoms with E-state index in [1.54, 1.807) is 7.11 Å². The summed E-state index contributed by atoms with van der Waals surface area (Å²) in [5, 5.41) is 3.50. The van der Waals surface area contributed by atoms with E-state index in [1.807, 2.05) is 0 Å². The summed E-state index contributed by atoms with van der Waals surface area (Å²) in [6.07, 6.45) is 4.73. The molecule has 0 aromatic carbocycles. The molecule has 1 saturated carbocycles. The predicted octanol–water partition coefficient (Wildman–Crippen LogP) is 0.509. The average Bonchev–Trinajstić information content (AvgIpc) is 2.26. The van der Waals surface area contributed by atoms with Crippen LogP contribution in [0.15, 0.2) is 0 Å². The molecular weight excluding hydrogens is 192 g/mol. The van der Waals surface area contributed by atoms with Crippen molar-refractivity contribution in [2.45, 2.75) is 37.8 Å². The van der Waals surface area contributed by atoms with E-state index in [9.17, 15) is 0 Å². The molecule has 1 aliphatic carbocycles. The fraction of sp³-hybridized carbons (Fsp3) is 1.00. The number of rotatable bonds is 7. The zero-order valence-electron chi connectivity index (χ0n) is 9.71. The Bertz CT molecular complexity index is 148. The Hall–Kier alpha value is -0.160. The first-order valence-electron chi connectivity index (χ1n) is 5.88. The summed E-state index contributed by atoms with van der Waals surface area (Å²) in [5.41, 5.74) is 5.84. The van der Waals surface area contributed by atoms with E-state index < -0.39 is 0 Å². The smallest absolute Gasteiger partial charge is 0.0700 e. The minimum Gasteiger partial charge on any atom is -0.382 e. The lowest BCUT2D eigenvalue weighted by molar-refractivity contribution is 0.0704. The SMILES string of the molecule is COCCOCCNC1CCC(N)CC1. The molecule has 4 heteroatoms. The summed E-state index contributed by atoms with van der Waals surface area (Å²) < 4.78 is 10.3. The van der Waals surface area contributed by atoms with Gasteiger partial charge in [-0.1, -0.05) is 0 Å². The highest BCUT2D eigenvalue weighted by Crippen LogP contribution is 2.16. The minimum atomic E-state index is 0.431. The van der Waals surface area contributed by atoms with Crippen molar-refractivity contribution >= 4 is 0 Å². The highest BCUT2D eigenvalue weighted by molar-refractivity contribution is 4.78. The van der Waals surface area contributed by atoms with Gasteiger partial charge >= 0.3 is 0 Å². The lowest BCUT2D eigenvalue weighted by atomic mass is 9.92. The summed E-state index contributed by atoms with van der Waals surface area (Å²) in [7, 11) is 1.69. The van der Waals surface area contributed by atoms with Crippen molar-refractivity contribution in [1.82, 2.24) is 5.32 Å². The molecule has 0 aliphatic heterocycles. The van der Waals surface area contributed by atoms with Crippen molar-refractivity contribution < 1.29 is 9.47 Å². The number of methoxy groups -OCH3 is 1. The van der Waals surface area contributed by atoms with Gasteiger partial charge in [0.05, 0.1) is 19.8 Å². The zero-order chi connectivity index (χ0) is 10.9. The third-order valence-corrected chi connectivity index (χ3v) is 2.88. The number of nitrogens with one attached hydrogen (secondary N) is 1. The largest absolute Gasteiger partial charge is 0.382 e. The van der Waals surface area contributed by atoms with Crippen molar-refractivity contribution in [2.24, 2.45) is 5.73 Å². The van der Waals surface area contributed by atoms with Gasteiger partial charge in [-0.2, -0.15) is 0 Å². The van der Waals surface area contributed by atoms with Gasteiger partial charge in [0, 0.05) is 25.7 Å². The maximum atomic E-state index is 5.84. The van der Waals surface area contributed by atoms with E-state index in [1.165, 1.54) is 12.8 Å². The van der Waals surface area contributed by atoms with Gasteiger partial charge in [0.25, 0.3) is 0 Å². The first-order valence-corrected chi connectivity index (χ1v) is 5.88. The van der Waals surface area contributed by atoms with Gasteiger partial charge in [-0.25, -0.2) is 0 Å². The van der Waals surface area contributed by atoms with E-state index in [4.69, 9.17) is 15.2 Å². The molecule has 0 amide bonds. The maximum absolute atomic E-state index is 5.84. The van der Waals surface area contributed by atoms with Crippen molar-refractivity contribution in [3.63, 3.8) is 0 Å². The molecule has 0 aromatic rings. The normalized spacial score (nSPS) is 26.8. The highest BCUT2D eigenvalue weighted by Gasteiger charge is 2.17. The third-order valence-electron chi connectivity index (χ3n) is 2.88. The highest BCUT2D eigenvalue weighted by atomic mass is 16.5. The van der Waals surface area contributed by atoms with Crippen molar-refractivity contribution in [2.75, 3.05) is 33.5 Å². The molecule has 0 heterocycles. The summed E-state index contributed by atoms with van der Waals surface area (Å²) in [6, 6.07) is 1.08. The Morgan fingerprint density at radius 2 is 1.87 bits per heavy atom. The molecule has 3 N–H and O–H groups in total. The van der Waals surface area contributed by atoms with Crippen molar-refractivity contribution in [1.29, 1.82) is 0 Å². The van der Waals surface area contributed by atoms with Crippen LogP contribution in [0.5, 0.6) is 0 Å². The lowest BCUT2D eigenvalue weighted by Crippen LogP contribution is -2.38. The standard InChI is InChI=1S/C11H24N2O2/c1-14-8-9-15-7-6-13-11-4-2-10(12)3-5-11/h10-11,13H,2-9,12H2,1H3. The van der Waals surface area contributed by atoms with Crippen LogP contribution >= 0.6 is 0 Å². The molecule has 0 atom stereocenters. The molecule has 1 aliphatic rings. The fourth-order valence-electron chi connectivity index (χ4n) is 1.90. The Kier molecular flexibility index (Phi) is 6.92. The summed E-state index contributed by atoms with van der Waals surface area (Å²) in [5.74, 6) is 0. The molecule has 4 nitrogen and oxygen atoms in total. The number of hydrogen-bond donors (Lipinski definition) is 2. The molecule has 15 heavy (non-hydrogen) atoms. The molecule has 0 bridgehead atoms. The molecule has 1 rings (SSSR count). The average molecular weight is 216 g/mol. The second-order valence-corrected chi connectivity index (χ2v) is 4.17. The Morgan fingerprint density at radius 1 is 1.13 bits per heavy atom. The van der Waals surface area contributed by atoms with Gasteiger partial charge in [0.15, 0.2) is 0 Å². The maximum Gasteiger partial charge on any atom is 0.0700 e. The fourth-order valence-corrected chi connectivity index (χ4v) is 1.90. The Labute approximate surface area is 92.5 Å². The van der Waals surface area contributed by atoms with Crippen LogP contribution in [0, 0.1) is 0 Å². The van der Waals surface area contributed by atoms with E-state index >= 15 is 0 Å². The molecule has 90 valence electrons. The monoisotopic (exact) mass is 216 g/mol. The van der Waals surface area contributed by atoms with E-state index in [2.05, 4.69) is 5.32 Å². The van der Waals surface area contributed by atoms with Crippen LogP contribution in [0.4, 0.5) is 0 Å². The van der Waals surface area contributed by atoms with Crippen LogP contribution in [-0.4, -0.2) is 45.6 Å². The van der Waals surface area contributed by atoms with Gasteiger partial charge in [0.1, 0.15) is 0 Å². The zero-order valence-corrected chi connectivity index (χ0v) is 9.71. The van der Waals surface area contributed by atoms with Gasteiger partial charge in [-0.15, -0.1) is 0 Å². The van der Waals surface area contributed by atoms with Gasteiger partial charge < -0.3 is 20.5 Å². The molecule has 0 radical (unpaired) electrons. The lowest BCUT2D eigenvalue weighted by Gasteiger charge is -2.26. The first kappa shape index (κ1) is 12.9. The van der Waals surface area contributed by atoms with E-state index in [-0.39, 0.29) is 0 Å². The van der Waals surface area contributed by atoms with Crippen molar-refractivity contribution in [3.8, 4) is 0 Å². The molecule has 0 spiro atoms. The summed E-state index contributed by atoms with van der Waals surface area (Å²) in [4.78, 5) is 0. The molecule has 1 fully saturated rings. The number of ether oxygens (including phenoxy) is 2. The Balaban J connectivity index is 1.87. The molecule has 0 aromatic heterocycles. The number of hydrogen-bond acceptors (Lipinski definition) is 4. The molecule has 0 unspecified atom stereocenters. The summed E-state index contributed by atoms with van der Waals surface area (Å²) >= 11 is 0. The number of nitrogens with two attached hydrogens (primary N) is 1. The first-order chi connectivity index (χ1) is 7.33. The molecular formula is C11H24N2O2. The van der Waals surface area contributed by atoms with E-state index in [0.717, 1.165) is 26.0 Å². The van der Waals surface area contributed by atoms with Crippen LogP contribution in [0.25, 0.3) is 0 Å². The van der Waals surface area contributed by atoms with Crippen LogP contribution in [0.1, 0.15) is 25.7 Å². The second kappa shape index (κ2) is 8.05. The van der Waals surface area contributed by atoms with E-state index in [0.29, 0.717) is 25.3 Å². The summed E-state index contributed by atoms with van der Waals surface area (Å²) in [6.45, 7) is 3.07. The second-order valence-electron chi connectivity index (χ2n) is 4.17. The van der Waals surface area contributed by atoms with Crippen molar-refractivity contribution in [3.05, 3.63) is 0 Å². The topological polar surface area (TPSA) is 56.5 Å². The van der Waals surface area contributed by atoms with Gasteiger partial charge in [0.2, 0.25) is 0 Å².